The van der Waals surface area contributed by atoms with Gasteiger partial charge in [0.15, 0.2) is 0 Å². The van der Waals surface area contributed by atoms with Crippen LogP contribution < -0.4 is 5.32 Å². The topological polar surface area (TPSA) is 58.1 Å². The maximum atomic E-state index is 12.8. The zero-order valence-corrected chi connectivity index (χ0v) is 15.5. The summed E-state index contributed by atoms with van der Waals surface area (Å²) in [6.45, 7) is 2.90. The Bertz CT molecular complexity index is 768. The summed E-state index contributed by atoms with van der Waals surface area (Å²) in [6.07, 6.45) is 5.81. The summed E-state index contributed by atoms with van der Waals surface area (Å²) in [7, 11) is 0. The number of halogens is 2. The molecular formula is C18H20Cl2N4O. The first kappa shape index (κ1) is 18.0. The predicted molar refractivity (Wildman–Crippen MR) is 101 cm³/mol. The number of benzene rings is 1. The molecule has 1 amide bonds. The Kier molecular flexibility index (Phi) is 5.76. The van der Waals surface area contributed by atoms with E-state index in [2.05, 4.69) is 22.2 Å². The van der Waals surface area contributed by atoms with Gasteiger partial charge < -0.3 is 10.2 Å². The highest BCUT2D eigenvalue weighted by molar-refractivity contribution is 6.36. The molecule has 1 fully saturated rings. The normalized spacial score (nSPS) is 17.4. The number of amides is 1. The number of rotatable bonds is 4. The summed E-state index contributed by atoms with van der Waals surface area (Å²) in [5.41, 5.74) is 1.03. The highest BCUT2D eigenvalue weighted by Crippen LogP contribution is 2.27. The SMILES string of the molecule is CCC1CCCCN1C(=O)c1ccnc(Nc2ccc(Cl)cc2Cl)n1. The van der Waals surface area contributed by atoms with E-state index in [0.717, 1.165) is 25.8 Å². The minimum absolute atomic E-state index is 0.0424. The average molecular weight is 379 g/mol. The number of carbonyl (C=O) groups excluding carboxylic acids is 1. The molecule has 25 heavy (non-hydrogen) atoms. The quantitative estimate of drug-likeness (QED) is 0.818. The van der Waals surface area contributed by atoms with Gasteiger partial charge in [-0.05, 0) is 49.9 Å². The van der Waals surface area contributed by atoms with Gasteiger partial charge in [0.1, 0.15) is 5.69 Å². The molecule has 1 saturated heterocycles. The lowest BCUT2D eigenvalue weighted by Crippen LogP contribution is -2.43. The fraction of sp³-hybridized carbons (Fsp3) is 0.389. The molecule has 7 heteroatoms. The number of carbonyl (C=O) groups is 1. The van der Waals surface area contributed by atoms with Crippen LogP contribution in [0.3, 0.4) is 0 Å². The van der Waals surface area contributed by atoms with Gasteiger partial charge in [-0.2, -0.15) is 0 Å². The molecule has 132 valence electrons. The Morgan fingerprint density at radius 2 is 2.16 bits per heavy atom. The van der Waals surface area contributed by atoms with Gasteiger partial charge in [-0.25, -0.2) is 9.97 Å². The van der Waals surface area contributed by atoms with Crippen LogP contribution >= 0.6 is 23.2 Å². The molecule has 5 nitrogen and oxygen atoms in total. The van der Waals surface area contributed by atoms with E-state index in [4.69, 9.17) is 23.2 Å². The van der Waals surface area contributed by atoms with Gasteiger partial charge in [0, 0.05) is 23.8 Å². The van der Waals surface area contributed by atoms with Crippen molar-refractivity contribution in [3.63, 3.8) is 0 Å². The zero-order chi connectivity index (χ0) is 17.8. The Morgan fingerprint density at radius 3 is 2.92 bits per heavy atom. The van der Waals surface area contributed by atoms with E-state index in [9.17, 15) is 4.79 Å². The van der Waals surface area contributed by atoms with Crippen LogP contribution in [0.15, 0.2) is 30.5 Å². The molecule has 2 aromatic rings. The van der Waals surface area contributed by atoms with Crippen LogP contribution in [0.4, 0.5) is 11.6 Å². The van der Waals surface area contributed by atoms with Crippen LogP contribution in [0.1, 0.15) is 43.1 Å². The van der Waals surface area contributed by atoms with E-state index in [0.29, 0.717) is 33.4 Å². The number of nitrogens with zero attached hydrogens (tertiary/aromatic N) is 3. The highest BCUT2D eigenvalue weighted by atomic mass is 35.5. The molecule has 1 atom stereocenters. The second kappa shape index (κ2) is 8.02. The van der Waals surface area contributed by atoms with E-state index in [1.54, 1.807) is 30.5 Å². The Hall–Kier alpha value is -1.85. The number of anilines is 2. The first-order valence-corrected chi connectivity index (χ1v) is 9.20. The lowest BCUT2D eigenvalue weighted by Gasteiger charge is -2.35. The second-order valence-electron chi connectivity index (χ2n) is 6.07. The van der Waals surface area contributed by atoms with Crippen molar-refractivity contribution in [2.24, 2.45) is 0 Å². The van der Waals surface area contributed by atoms with Crippen molar-refractivity contribution in [2.75, 3.05) is 11.9 Å². The van der Waals surface area contributed by atoms with E-state index in [1.807, 2.05) is 4.90 Å². The van der Waals surface area contributed by atoms with Crippen molar-refractivity contribution in [3.8, 4) is 0 Å². The van der Waals surface area contributed by atoms with Crippen LogP contribution in [0.25, 0.3) is 0 Å². The van der Waals surface area contributed by atoms with Gasteiger partial charge in [-0.1, -0.05) is 30.1 Å². The molecule has 0 radical (unpaired) electrons. The number of hydrogen-bond acceptors (Lipinski definition) is 4. The molecule has 1 aromatic heterocycles. The van der Waals surface area contributed by atoms with Crippen molar-refractivity contribution in [3.05, 3.63) is 46.2 Å². The van der Waals surface area contributed by atoms with Gasteiger partial charge >= 0.3 is 0 Å². The standard InChI is InChI=1S/C18H20Cl2N4O/c1-2-13-5-3-4-10-24(13)17(25)16-8-9-21-18(23-16)22-15-7-6-12(19)11-14(15)20/h6-9,11,13H,2-5,10H2,1H3,(H,21,22,23). The van der Waals surface area contributed by atoms with E-state index in [1.165, 1.54) is 6.42 Å². The number of nitrogens with one attached hydrogen (secondary N) is 1. The van der Waals surface area contributed by atoms with Gasteiger partial charge in [0.2, 0.25) is 5.95 Å². The maximum Gasteiger partial charge on any atom is 0.272 e. The van der Waals surface area contributed by atoms with Crippen molar-refractivity contribution >= 4 is 40.7 Å². The Labute approximate surface area is 157 Å². The molecule has 1 N–H and O–H groups in total. The monoisotopic (exact) mass is 378 g/mol. The molecule has 2 heterocycles. The number of aromatic nitrogens is 2. The largest absolute Gasteiger partial charge is 0.334 e. The van der Waals surface area contributed by atoms with Crippen LogP contribution in [-0.4, -0.2) is 33.4 Å². The third-order valence-electron chi connectivity index (χ3n) is 4.41. The van der Waals surface area contributed by atoms with E-state index >= 15 is 0 Å². The molecule has 0 bridgehead atoms. The van der Waals surface area contributed by atoms with Gasteiger partial charge in [-0.15, -0.1) is 0 Å². The van der Waals surface area contributed by atoms with Crippen molar-refractivity contribution in [1.82, 2.24) is 14.9 Å². The lowest BCUT2D eigenvalue weighted by atomic mass is 9.99. The summed E-state index contributed by atoms with van der Waals surface area (Å²) in [5, 5.41) is 4.06. The van der Waals surface area contributed by atoms with E-state index < -0.39 is 0 Å². The highest BCUT2D eigenvalue weighted by Gasteiger charge is 2.27. The molecule has 1 aliphatic heterocycles. The predicted octanol–water partition coefficient (Wildman–Crippen LogP) is 4.93. The van der Waals surface area contributed by atoms with Crippen LogP contribution in [0.5, 0.6) is 0 Å². The second-order valence-corrected chi connectivity index (χ2v) is 6.91. The van der Waals surface area contributed by atoms with Gasteiger partial charge in [0.05, 0.1) is 10.7 Å². The fourth-order valence-corrected chi connectivity index (χ4v) is 3.54. The molecule has 1 unspecified atom stereocenters. The maximum absolute atomic E-state index is 12.8. The minimum atomic E-state index is -0.0424. The van der Waals surface area contributed by atoms with Crippen LogP contribution in [-0.2, 0) is 0 Å². The molecule has 0 aliphatic carbocycles. The fourth-order valence-electron chi connectivity index (χ4n) is 3.09. The van der Waals surface area contributed by atoms with Crippen molar-refractivity contribution in [1.29, 1.82) is 0 Å². The summed E-state index contributed by atoms with van der Waals surface area (Å²) in [5.74, 6) is 0.291. The third kappa shape index (κ3) is 4.22. The van der Waals surface area contributed by atoms with Gasteiger partial charge in [0.25, 0.3) is 5.91 Å². The molecule has 1 aliphatic rings. The Morgan fingerprint density at radius 1 is 1.32 bits per heavy atom. The number of hydrogen-bond donors (Lipinski definition) is 1. The molecule has 0 spiro atoms. The summed E-state index contributed by atoms with van der Waals surface area (Å²) in [4.78, 5) is 23.3. The first-order valence-electron chi connectivity index (χ1n) is 8.44. The molecule has 3 rings (SSSR count). The molecule has 1 aromatic carbocycles. The number of piperidine rings is 1. The van der Waals surface area contributed by atoms with E-state index in [-0.39, 0.29) is 5.91 Å². The lowest BCUT2D eigenvalue weighted by molar-refractivity contribution is 0.0602. The first-order chi connectivity index (χ1) is 12.1. The Balaban J connectivity index is 1.80. The minimum Gasteiger partial charge on any atom is -0.334 e. The van der Waals surface area contributed by atoms with Crippen molar-refractivity contribution in [2.45, 2.75) is 38.6 Å². The van der Waals surface area contributed by atoms with Crippen molar-refractivity contribution < 1.29 is 4.79 Å². The third-order valence-corrected chi connectivity index (χ3v) is 4.96. The number of likely N-dealkylation sites (tertiary alicyclic amines) is 1. The zero-order valence-electron chi connectivity index (χ0n) is 14.0. The summed E-state index contributed by atoms with van der Waals surface area (Å²) >= 11 is 12.1. The molecule has 0 saturated carbocycles. The van der Waals surface area contributed by atoms with Crippen LogP contribution in [0, 0.1) is 0 Å². The van der Waals surface area contributed by atoms with Gasteiger partial charge in [-0.3, -0.25) is 4.79 Å². The molecular weight excluding hydrogens is 359 g/mol. The average Bonchev–Trinajstić information content (AvgIpc) is 2.63. The smallest absolute Gasteiger partial charge is 0.272 e. The van der Waals surface area contributed by atoms with Crippen LogP contribution in [0.2, 0.25) is 10.0 Å². The summed E-state index contributed by atoms with van der Waals surface area (Å²) < 4.78 is 0. The summed E-state index contributed by atoms with van der Waals surface area (Å²) in [6, 6.07) is 7.06.